The molecule has 0 heterocycles. The summed E-state index contributed by atoms with van der Waals surface area (Å²) in [5.74, 6) is -2.41. The van der Waals surface area contributed by atoms with E-state index < -0.39 is 27.5 Å². The van der Waals surface area contributed by atoms with Crippen molar-refractivity contribution in [3.63, 3.8) is 0 Å². The molecule has 0 aliphatic rings. The highest BCUT2D eigenvalue weighted by atomic mass is 32.2. The van der Waals surface area contributed by atoms with Crippen molar-refractivity contribution in [2.75, 3.05) is 11.5 Å². The number of carbonyl (C=O) groups is 2. The molecule has 0 aliphatic heterocycles. The Hall–Kier alpha value is -1.11. The Labute approximate surface area is 101 Å². The second-order valence-electron chi connectivity index (χ2n) is 3.97. The maximum Gasteiger partial charge on any atom is 0.303 e. The van der Waals surface area contributed by atoms with Crippen LogP contribution in [0.1, 0.15) is 33.1 Å². The highest BCUT2D eigenvalue weighted by molar-refractivity contribution is 7.92. The second kappa shape index (κ2) is 7.26. The van der Waals surface area contributed by atoms with Crippen LogP contribution in [0.2, 0.25) is 0 Å². The van der Waals surface area contributed by atoms with Crippen LogP contribution in [0.15, 0.2) is 0 Å². The molecule has 7 heteroatoms. The summed E-state index contributed by atoms with van der Waals surface area (Å²) in [4.78, 5) is 21.5. The Bertz CT molecular complexity index is 363. The van der Waals surface area contributed by atoms with E-state index in [9.17, 15) is 18.0 Å². The summed E-state index contributed by atoms with van der Waals surface area (Å²) < 4.78 is 22.9. The maximum atomic E-state index is 11.4. The zero-order valence-corrected chi connectivity index (χ0v) is 10.9. The lowest BCUT2D eigenvalue weighted by Gasteiger charge is -2.11. The molecule has 1 amide bonds. The van der Waals surface area contributed by atoms with Crippen LogP contribution in [-0.2, 0) is 19.4 Å². The molecule has 0 spiro atoms. The van der Waals surface area contributed by atoms with Crippen LogP contribution in [0.25, 0.3) is 0 Å². The quantitative estimate of drug-likeness (QED) is 0.652. The fourth-order valence-corrected chi connectivity index (χ4v) is 2.35. The van der Waals surface area contributed by atoms with Crippen molar-refractivity contribution in [1.29, 1.82) is 0 Å². The molecule has 0 aliphatic carbocycles. The summed E-state index contributed by atoms with van der Waals surface area (Å²) in [5, 5.41) is 10.9. The van der Waals surface area contributed by atoms with Gasteiger partial charge >= 0.3 is 5.97 Å². The van der Waals surface area contributed by atoms with Crippen molar-refractivity contribution in [3.8, 4) is 0 Å². The lowest BCUT2D eigenvalue weighted by Crippen LogP contribution is -2.37. The number of rotatable bonds is 8. The topological polar surface area (TPSA) is 101 Å². The van der Waals surface area contributed by atoms with E-state index in [-0.39, 0.29) is 24.6 Å². The molecule has 2 N–H and O–H groups in total. The molecule has 0 aromatic heterocycles. The standard InChI is InChI=1S/C10H19NO5S/c1-3-8(2)11-9(12)7-17(15,16)6-4-5-10(13)14/h8H,3-7H2,1-2H3,(H,11,12)(H,13,14). The van der Waals surface area contributed by atoms with E-state index >= 15 is 0 Å². The van der Waals surface area contributed by atoms with Crippen LogP contribution >= 0.6 is 0 Å². The van der Waals surface area contributed by atoms with Crippen molar-refractivity contribution in [1.82, 2.24) is 5.32 Å². The minimum absolute atomic E-state index is 0.0360. The fourth-order valence-electron chi connectivity index (χ4n) is 1.13. The van der Waals surface area contributed by atoms with Crippen molar-refractivity contribution in [2.24, 2.45) is 0 Å². The molecule has 6 nitrogen and oxygen atoms in total. The first kappa shape index (κ1) is 15.9. The summed E-state index contributed by atoms with van der Waals surface area (Å²) in [6, 6.07) is -0.0586. The van der Waals surface area contributed by atoms with E-state index in [2.05, 4.69) is 5.32 Å². The van der Waals surface area contributed by atoms with Crippen LogP contribution in [0, 0.1) is 0 Å². The molecular weight excluding hydrogens is 246 g/mol. The van der Waals surface area contributed by atoms with Gasteiger partial charge in [0.1, 0.15) is 5.75 Å². The predicted molar refractivity (Wildman–Crippen MR) is 63.4 cm³/mol. The van der Waals surface area contributed by atoms with E-state index in [0.717, 1.165) is 6.42 Å². The van der Waals surface area contributed by atoms with E-state index in [1.165, 1.54) is 0 Å². The van der Waals surface area contributed by atoms with Gasteiger partial charge in [-0.15, -0.1) is 0 Å². The molecule has 0 bridgehead atoms. The number of carboxylic acid groups (broad SMARTS) is 1. The second-order valence-corrected chi connectivity index (χ2v) is 6.15. The van der Waals surface area contributed by atoms with Crippen LogP contribution < -0.4 is 5.32 Å². The lowest BCUT2D eigenvalue weighted by molar-refractivity contribution is -0.137. The molecule has 17 heavy (non-hydrogen) atoms. The number of hydrogen-bond acceptors (Lipinski definition) is 4. The highest BCUT2D eigenvalue weighted by Gasteiger charge is 2.17. The largest absolute Gasteiger partial charge is 0.481 e. The first-order chi connectivity index (χ1) is 7.76. The number of nitrogens with one attached hydrogen (secondary N) is 1. The van der Waals surface area contributed by atoms with Crippen molar-refractivity contribution in [2.45, 2.75) is 39.2 Å². The molecule has 0 rings (SSSR count). The zero-order chi connectivity index (χ0) is 13.5. The first-order valence-electron chi connectivity index (χ1n) is 5.48. The van der Waals surface area contributed by atoms with E-state index in [1.54, 1.807) is 6.92 Å². The molecule has 100 valence electrons. The number of amides is 1. The molecule has 0 fully saturated rings. The molecule has 1 atom stereocenters. The Balaban J connectivity index is 4.08. The van der Waals surface area contributed by atoms with Gasteiger partial charge in [0.25, 0.3) is 0 Å². The zero-order valence-electron chi connectivity index (χ0n) is 10.1. The predicted octanol–water partition coefficient (Wildman–Crippen LogP) is 0.181. The maximum absolute atomic E-state index is 11.4. The van der Waals surface area contributed by atoms with Gasteiger partial charge in [0, 0.05) is 12.5 Å². The summed E-state index contributed by atoms with van der Waals surface area (Å²) in [7, 11) is -3.51. The molecule has 0 aromatic carbocycles. The van der Waals surface area contributed by atoms with E-state index in [4.69, 9.17) is 5.11 Å². The van der Waals surface area contributed by atoms with E-state index in [1.807, 2.05) is 6.92 Å². The summed E-state index contributed by atoms with van der Waals surface area (Å²) in [5.41, 5.74) is 0. The molecule has 0 saturated heterocycles. The van der Waals surface area contributed by atoms with Gasteiger partial charge in [-0.2, -0.15) is 0 Å². The fraction of sp³-hybridized carbons (Fsp3) is 0.800. The highest BCUT2D eigenvalue weighted by Crippen LogP contribution is 1.98. The number of hydrogen-bond donors (Lipinski definition) is 2. The molecular formula is C10H19NO5S. The van der Waals surface area contributed by atoms with Gasteiger partial charge in [-0.1, -0.05) is 6.92 Å². The third-order valence-corrected chi connectivity index (χ3v) is 3.83. The van der Waals surface area contributed by atoms with Crippen LogP contribution in [0.3, 0.4) is 0 Å². The third kappa shape index (κ3) is 8.67. The number of sulfone groups is 1. The lowest BCUT2D eigenvalue weighted by atomic mass is 10.3. The van der Waals surface area contributed by atoms with Crippen LogP contribution in [0.5, 0.6) is 0 Å². The monoisotopic (exact) mass is 265 g/mol. The molecule has 0 aromatic rings. The van der Waals surface area contributed by atoms with Crippen molar-refractivity contribution >= 4 is 21.7 Å². The number of carboxylic acids is 1. The van der Waals surface area contributed by atoms with Gasteiger partial charge in [0.15, 0.2) is 9.84 Å². The Morgan fingerprint density at radius 3 is 2.41 bits per heavy atom. The smallest absolute Gasteiger partial charge is 0.303 e. The SMILES string of the molecule is CCC(C)NC(=O)CS(=O)(=O)CCCC(=O)O. The minimum atomic E-state index is -3.51. The summed E-state index contributed by atoms with van der Waals surface area (Å²) in [6.07, 6.45) is 0.561. The van der Waals surface area contributed by atoms with Gasteiger partial charge < -0.3 is 10.4 Å². The molecule has 0 saturated carbocycles. The average molecular weight is 265 g/mol. The summed E-state index contributed by atoms with van der Waals surface area (Å²) >= 11 is 0. The van der Waals surface area contributed by atoms with Crippen LogP contribution in [-0.4, -0.2) is 42.9 Å². The molecule has 0 radical (unpaired) electrons. The third-order valence-electron chi connectivity index (χ3n) is 2.22. The first-order valence-corrected chi connectivity index (χ1v) is 7.30. The van der Waals surface area contributed by atoms with Gasteiger partial charge in [-0.05, 0) is 19.8 Å². The number of carbonyl (C=O) groups excluding carboxylic acids is 1. The summed E-state index contributed by atoms with van der Waals surface area (Å²) in [6.45, 7) is 3.67. The van der Waals surface area contributed by atoms with Gasteiger partial charge in [-0.25, -0.2) is 8.42 Å². The average Bonchev–Trinajstić information content (AvgIpc) is 2.15. The molecule has 1 unspecified atom stereocenters. The minimum Gasteiger partial charge on any atom is -0.481 e. The van der Waals surface area contributed by atoms with Crippen LogP contribution in [0.4, 0.5) is 0 Å². The van der Waals surface area contributed by atoms with Crippen molar-refractivity contribution in [3.05, 3.63) is 0 Å². The van der Waals surface area contributed by atoms with Gasteiger partial charge in [0.05, 0.1) is 5.75 Å². The number of aliphatic carboxylic acids is 1. The Morgan fingerprint density at radius 1 is 1.35 bits per heavy atom. The van der Waals surface area contributed by atoms with Gasteiger partial charge in [0.2, 0.25) is 5.91 Å². The normalized spacial score (nSPS) is 13.1. The van der Waals surface area contributed by atoms with Gasteiger partial charge in [-0.3, -0.25) is 9.59 Å². The Kier molecular flexibility index (Phi) is 6.79. The van der Waals surface area contributed by atoms with E-state index in [0.29, 0.717) is 0 Å². The Morgan fingerprint density at radius 2 is 1.94 bits per heavy atom. The van der Waals surface area contributed by atoms with Crippen molar-refractivity contribution < 1.29 is 23.1 Å².